The van der Waals surface area contributed by atoms with Crippen molar-refractivity contribution in [3.63, 3.8) is 0 Å². The molecule has 0 atom stereocenters. The van der Waals surface area contributed by atoms with Crippen molar-refractivity contribution in [3.05, 3.63) is 52.8 Å². The van der Waals surface area contributed by atoms with Gasteiger partial charge in [-0.25, -0.2) is 4.79 Å². The Hall–Kier alpha value is -3.95. The van der Waals surface area contributed by atoms with Crippen LogP contribution < -0.4 is 21.3 Å². The number of fused-ring (bicyclic) bond motifs is 1. The lowest BCUT2D eigenvalue weighted by molar-refractivity contribution is -0.115. The SMILES string of the molecule is CC(C)c1ccc(CNc2nc(NC3CC3)n3ncc(/C=C4\NC(=O)NC4=O)c3n2)cc1. The zero-order valence-corrected chi connectivity index (χ0v) is 17.8. The molecule has 10 nitrogen and oxygen atoms in total. The highest BCUT2D eigenvalue weighted by Gasteiger charge is 2.25. The lowest BCUT2D eigenvalue weighted by Crippen LogP contribution is -2.22. The lowest BCUT2D eigenvalue weighted by atomic mass is 10.0. The minimum absolute atomic E-state index is 0.153. The molecule has 2 fully saturated rings. The Morgan fingerprint density at radius 2 is 1.94 bits per heavy atom. The molecule has 0 unspecified atom stereocenters. The molecular weight excluding hydrogens is 408 g/mol. The van der Waals surface area contributed by atoms with Gasteiger partial charge in [0.2, 0.25) is 11.9 Å². The molecule has 164 valence electrons. The molecule has 0 radical (unpaired) electrons. The molecule has 1 aliphatic carbocycles. The number of amides is 3. The maximum absolute atomic E-state index is 11.9. The van der Waals surface area contributed by atoms with Crippen LogP contribution in [-0.4, -0.2) is 37.6 Å². The molecule has 10 heteroatoms. The second-order valence-corrected chi connectivity index (χ2v) is 8.34. The van der Waals surface area contributed by atoms with E-state index in [0.29, 0.717) is 41.6 Å². The summed E-state index contributed by atoms with van der Waals surface area (Å²) < 4.78 is 1.61. The van der Waals surface area contributed by atoms with Crippen molar-refractivity contribution in [3.8, 4) is 0 Å². The van der Waals surface area contributed by atoms with Crippen LogP contribution in [0.5, 0.6) is 0 Å². The molecular formula is C22H24N8O2. The van der Waals surface area contributed by atoms with Gasteiger partial charge in [-0.05, 0) is 36.0 Å². The molecule has 1 aromatic carbocycles. The van der Waals surface area contributed by atoms with E-state index < -0.39 is 11.9 Å². The first kappa shape index (κ1) is 20.0. The van der Waals surface area contributed by atoms with Gasteiger partial charge in [0.15, 0.2) is 5.65 Å². The number of imide groups is 1. The van der Waals surface area contributed by atoms with Gasteiger partial charge in [-0.3, -0.25) is 10.1 Å². The Morgan fingerprint density at radius 1 is 1.16 bits per heavy atom. The van der Waals surface area contributed by atoms with Crippen LogP contribution in [0.3, 0.4) is 0 Å². The van der Waals surface area contributed by atoms with Gasteiger partial charge in [0.25, 0.3) is 5.91 Å². The topological polar surface area (TPSA) is 125 Å². The molecule has 4 N–H and O–H groups in total. The molecule has 1 aliphatic heterocycles. The number of anilines is 2. The number of carbonyl (C=O) groups excluding carboxylic acids is 2. The summed E-state index contributed by atoms with van der Waals surface area (Å²) in [5.41, 5.74) is 3.70. The predicted octanol–water partition coefficient (Wildman–Crippen LogP) is 2.61. The molecule has 1 saturated carbocycles. The van der Waals surface area contributed by atoms with E-state index in [2.05, 4.69) is 74.4 Å². The van der Waals surface area contributed by atoms with Crippen molar-refractivity contribution in [1.82, 2.24) is 30.2 Å². The van der Waals surface area contributed by atoms with Gasteiger partial charge in [0.1, 0.15) is 5.70 Å². The van der Waals surface area contributed by atoms with Crippen molar-refractivity contribution in [2.24, 2.45) is 0 Å². The summed E-state index contributed by atoms with van der Waals surface area (Å²) in [6.45, 7) is 4.91. The fourth-order valence-electron chi connectivity index (χ4n) is 3.42. The third-order valence-corrected chi connectivity index (χ3v) is 5.42. The Kier molecular flexibility index (Phi) is 4.96. The summed E-state index contributed by atoms with van der Waals surface area (Å²) in [6, 6.07) is 8.28. The molecule has 2 aromatic heterocycles. The van der Waals surface area contributed by atoms with E-state index in [9.17, 15) is 9.59 Å². The molecule has 1 saturated heterocycles. The molecule has 0 spiro atoms. The number of carbonyl (C=O) groups is 2. The van der Waals surface area contributed by atoms with E-state index in [1.807, 2.05) is 0 Å². The van der Waals surface area contributed by atoms with Crippen molar-refractivity contribution in [1.29, 1.82) is 0 Å². The minimum Gasteiger partial charge on any atom is -0.351 e. The van der Waals surface area contributed by atoms with Gasteiger partial charge < -0.3 is 16.0 Å². The van der Waals surface area contributed by atoms with E-state index in [1.54, 1.807) is 16.8 Å². The van der Waals surface area contributed by atoms with Crippen LogP contribution in [0.15, 0.2) is 36.2 Å². The summed E-state index contributed by atoms with van der Waals surface area (Å²) in [6.07, 6.45) is 5.33. The van der Waals surface area contributed by atoms with Gasteiger partial charge in [-0.15, -0.1) is 0 Å². The largest absolute Gasteiger partial charge is 0.351 e. The Labute approximate surface area is 184 Å². The van der Waals surface area contributed by atoms with E-state index in [4.69, 9.17) is 0 Å². The summed E-state index contributed by atoms with van der Waals surface area (Å²) in [4.78, 5) is 32.6. The first-order valence-electron chi connectivity index (χ1n) is 10.7. The molecule has 0 bridgehead atoms. The van der Waals surface area contributed by atoms with Crippen molar-refractivity contribution < 1.29 is 9.59 Å². The Morgan fingerprint density at radius 3 is 2.59 bits per heavy atom. The highest BCUT2D eigenvalue weighted by molar-refractivity contribution is 6.14. The first-order chi connectivity index (χ1) is 15.5. The Bertz CT molecular complexity index is 1220. The van der Waals surface area contributed by atoms with E-state index >= 15 is 0 Å². The van der Waals surface area contributed by atoms with E-state index in [0.717, 1.165) is 18.4 Å². The fraction of sp³-hybridized carbons (Fsp3) is 0.318. The van der Waals surface area contributed by atoms with Crippen LogP contribution >= 0.6 is 0 Å². The Balaban J connectivity index is 1.44. The van der Waals surface area contributed by atoms with Crippen LogP contribution in [0, 0.1) is 0 Å². The molecule has 5 rings (SSSR count). The maximum atomic E-state index is 11.9. The summed E-state index contributed by atoms with van der Waals surface area (Å²) in [5.74, 6) is 1.04. The summed E-state index contributed by atoms with van der Waals surface area (Å²) >= 11 is 0. The van der Waals surface area contributed by atoms with Gasteiger partial charge in [0, 0.05) is 18.2 Å². The van der Waals surface area contributed by atoms with Crippen molar-refractivity contribution >= 4 is 35.6 Å². The molecule has 3 aromatic rings. The number of aromatic nitrogens is 4. The average molecular weight is 432 g/mol. The quantitative estimate of drug-likeness (QED) is 0.334. The predicted molar refractivity (Wildman–Crippen MR) is 120 cm³/mol. The van der Waals surface area contributed by atoms with E-state index in [1.165, 1.54) is 5.56 Å². The lowest BCUT2D eigenvalue weighted by Gasteiger charge is -2.11. The average Bonchev–Trinajstić information content (AvgIpc) is 3.41. The third-order valence-electron chi connectivity index (χ3n) is 5.42. The molecule has 3 amide bonds. The van der Waals surface area contributed by atoms with Crippen LogP contribution in [0.2, 0.25) is 0 Å². The van der Waals surface area contributed by atoms with Gasteiger partial charge in [-0.2, -0.15) is 19.6 Å². The normalized spacial score (nSPS) is 17.2. The minimum atomic E-state index is -0.547. The van der Waals surface area contributed by atoms with Crippen LogP contribution in [0.1, 0.15) is 49.3 Å². The van der Waals surface area contributed by atoms with Crippen molar-refractivity contribution in [2.75, 3.05) is 10.6 Å². The zero-order valence-electron chi connectivity index (χ0n) is 17.8. The second kappa shape index (κ2) is 7.95. The van der Waals surface area contributed by atoms with E-state index in [-0.39, 0.29) is 5.70 Å². The van der Waals surface area contributed by atoms with Crippen LogP contribution in [-0.2, 0) is 11.3 Å². The number of hydrogen-bond acceptors (Lipinski definition) is 7. The zero-order chi connectivity index (χ0) is 22.2. The summed E-state index contributed by atoms with van der Waals surface area (Å²) in [7, 11) is 0. The smallest absolute Gasteiger partial charge is 0.326 e. The number of nitrogens with zero attached hydrogens (tertiary/aromatic N) is 4. The molecule has 2 aliphatic rings. The van der Waals surface area contributed by atoms with Gasteiger partial charge >= 0.3 is 6.03 Å². The second-order valence-electron chi connectivity index (χ2n) is 8.34. The molecule has 3 heterocycles. The number of hydrogen-bond donors (Lipinski definition) is 4. The van der Waals surface area contributed by atoms with Crippen molar-refractivity contribution in [2.45, 2.75) is 45.2 Å². The summed E-state index contributed by atoms with van der Waals surface area (Å²) in [5, 5.41) is 15.7. The highest BCUT2D eigenvalue weighted by Crippen LogP contribution is 2.26. The van der Waals surface area contributed by atoms with Crippen LogP contribution in [0.25, 0.3) is 11.7 Å². The van der Waals surface area contributed by atoms with Crippen LogP contribution in [0.4, 0.5) is 16.7 Å². The monoisotopic (exact) mass is 432 g/mol. The van der Waals surface area contributed by atoms with Gasteiger partial charge in [-0.1, -0.05) is 38.1 Å². The first-order valence-corrected chi connectivity index (χ1v) is 10.7. The standard InChI is InChI=1S/C22H24N8O2/c1-12(2)14-5-3-13(4-6-14)10-23-20-27-18-15(9-17-19(31)28-22(32)26-17)11-24-30(18)21(29-20)25-16-7-8-16/h3-6,9,11-12,16H,7-8,10H2,1-2H3,(H2,23,25,27,29)(H2,26,28,31,32)/b17-9-. The number of rotatable bonds is 7. The third kappa shape index (κ3) is 4.11. The fourth-order valence-corrected chi connectivity index (χ4v) is 3.42. The number of nitrogens with one attached hydrogen (secondary N) is 4. The van der Waals surface area contributed by atoms with Gasteiger partial charge in [0.05, 0.1) is 6.20 Å². The molecule has 32 heavy (non-hydrogen) atoms. The number of benzene rings is 1. The number of urea groups is 1. The highest BCUT2D eigenvalue weighted by atomic mass is 16.2. The maximum Gasteiger partial charge on any atom is 0.326 e.